The van der Waals surface area contributed by atoms with Gasteiger partial charge in [-0.25, -0.2) is 0 Å². The molecule has 1 aromatic heterocycles. The molecule has 2 aromatic carbocycles. The maximum atomic E-state index is 12.6. The molecule has 0 saturated carbocycles. The van der Waals surface area contributed by atoms with Crippen LogP contribution in [0.1, 0.15) is 12.8 Å². The van der Waals surface area contributed by atoms with Crippen molar-refractivity contribution in [1.82, 2.24) is 4.57 Å². The summed E-state index contributed by atoms with van der Waals surface area (Å²) in [6.07, 6.45) is 5.27. The lowest BCUT2D eigenvalue weighted by Crippen LogP contribution is -2.26. The minimum atomic E-state index is -1.12. The van der Waals surface area contributed by atoms with Gasteiger partial charge in [0.05, 0.1) is 13.2 Å². The molecule has 6 heteroatoms. The van der Waals surface area contributed by atoms with E-state index in [-0.39, 0.29) is 11.7 Å². The summed E-state index contributed by atoms with van der Waals surface area (Å²) >= 11 is 0. The van der Waals surface area contributed by atoms with Gasteiger partial charge in [0.25, 0.3) is 5.56 Å². The van der Waals surface area contributed by atoms with Gasteiger partial charge in [0.1, 0.15) is 11.9 Å². The highest BCUT2D eigenvalue weighted by atomic mass is 32.2. The molecular weight excluding hydrogens is 374 g/mol. The summed E-state index contributed by atoms with van der Waals surface area (Å²) in [6, 6.07) is 13.2. The van der Waals surface area contributed by atoms with Crippen molar-refractivity contribution in [3.8, 4) is 16.9 Å². The second-order valence-electron chi connectivity index (χ2n) is 7.05. The molecule has 0 amide bonds. The topological polar surface area (TPSA) is 57.5 Å². The van der Waals surface area contributed by atoms with Crippen LogP contribution in [0.3, 0.4) is 0 Å². The van der Waals surface area contributed by atoms with Crippen molar-refractivity contribution in [3.63, 3.8) is 0 Å². The van der Waals surface area contributed by atoms with Crippen LogP contribution in [0.4, 0.5) is 0 Å². The Labute approximate surface area is 166 Å². The van der Waals surface area contributed by atoms with E-state index in [1.807, 2.05) is 48.7 Å². The number of pyridine rings is 1. The van der Waals surface area contributed by atoms with Gasteiger partial charge in [-0.1, -0.05) is 18.2 Å². The molecule has 1 saturated heterocycles. The molecule has 0 radical (unpaired) electrons. The Morgan fingerprint density at radius 2 is 1.79 bits per heavy atom. The van der Waals surface area contributed by atoms with Crippen molar-refractivity contribution in [2.75, 3.05) is 19.5 Å². The molecule has 0 bridgehead atoms. The van der Waals surface area contributed by atoms with Gasteiger partial charge in [0.15, 0.2) is 0 Å². The van der Waals surface area contributed by atoms with Gasteiger partial charge < -0.3 is 14.0 Å². The summed E-state index contributed by atoms with van der Waals surface area (Å²) in [7, 11) is 0.634. The molecule has 1 aliphatic heterocycles. The molecule has 1 aliphatic rings. The van der Waals surface area contributed by atoms with Crippen molar-refractivity contribution in [2.45, 2.75) is 23.8 Å². The Hall–Kier alpha value is -2.44. The number of benzene rings is 2. The third-order valence-electron chi connectivity index (χ3n) is 5.13. The number of hydrogen-bond acceptors (Lipinski definition) is 4. The highest BCUT2D eigenvalue weighted by molar-refractivity contribution is 7.84. The predicted octanol–water partition coefficient (Wildman–Crippen LogP) is 3.50. The van der Waals surface area contributed by atoms with Crippen molar-refractivity contribution < 1.29 is 13.7 Å². The Morgan fingerprint density at radius 1 is 1.07 bits per heavy atom. The third-order valence-corrected chi connectivity index (χ3v) is 6.04. The fraction of sp³-hybridized carbons (Fsp3) is 0.318. The van der Waals surface area contributed by atoms with Crippen LogP contribution in [0, 0.1) is 0 Å². The van der Waals surface area contributed by atoms with Crippen molar-refractivity contribution in [3.05, 3.63) is 59.0 Å². The first-order valence-electron chi connectivity index (χ1n) is 9.35. The van der Waals surface area contributed by atoms with Gasteiger partial charge in [0, 0.05) is 64.6 Å². The van der Waals surface area contributed by atoms with Crippen LogP contribution in [-0.2, 0) is 22.6 Å². The highest BCUT2D eigenvalue weighted by Crippen LogP contribution is 2.36. The first-order chi connectivity index (χ1) is 13.5. The molecule has 1 atom stereocenters. The van der Waals surface area contributed by atoms with Crippen molar-refractivity contribution >= 4 is 21.6 Å². The number of nitrogens with zero attached hydrogens (tertiary/aromatic N) is 1. The van der Waals surface area contributed by atoms with Gasteiger partial charge in [-0.15, -0.1) is 0 Å². The van der Waals surface area contributed by atoms with Crippen LogP contribution in [-0.4, -0.2) is 34.3 Å². The molecule has 0 spiro atoms. The lowest BCUT2D eigenvalue weighted by molar-refractivity contribution is 0.0258. The average Bonchev–Trinajstić information content (AvgIpc) is 2.72. The number of rotatable bonds is 4. The van der Waals surface area contributed by atoms with Gasteiger partial charge in [-0.2, -0.15) is 0 Å². The van der Waals surface area contributed by atoms with Crippen LogP contribution >= 0.6 is 0 Å². The Morgan fingerprint density at radius 3 is 2.50 bits per heavy atom. The average molecular weight is 397 g/mol. The largest absolute Gasteiger partial charge is 0.490 e. The van der Waals surface area contributed by atoms with E-state index in [0.717, 1.165) is 40.0 Å². The van der Waals surface area contributed by atoms with Crippen molar-refractivity contribution in [1.29, 1.82) is 0 Å². The van der Waals surface area contributed by atoms with Crippen LogP contribution in [0.2, 0.25) is 0 Å². The number of fused-ring (bicyclic) bond motifs is 1. The first-order valence-corrected chi connectivity index (χ1v) is 10.9. The molecule has 3 aromatic rings. The molecule has 28 heavy (non-hydrogen) atoms. The summed E-state index contributed by atoms with van der Waals surface area (Å²) in [5.41, 5.74) is 1.71. The first kappa shape index (κ1) is 18.9. The van der Waals surface area contributed by atoms with Crippen LogP contribution in [0.25, 0.3) is 21.9 Å². The molecule has 146 valence electrons. The number of hydrogen-bond donors (Lipinski definition) is 0. The SMILES string of the molecule is Cn1cc(-c2cc(S(C)=O)ccc2OC2CCOCC2)c2ccccc2c1=O. The fourth-order valence-electron chi connectivity index (χ4n) is 3.61. The molecule has 5 nitrogen and oxygen atoms in total. The maximum Gasteiger partial charge on any atom is 0.258 e. The Bertz CT molecular complexity index is 1100. The lowest BCUT2D eigenvalue weighted by Gasteiger charge is -2.25. The van der Waals surface area contributed by atoms with Crippen LogP contribution in [0.5, 0.6) is 5.75 Å². The van der Waals surface area contributed by atoms with E-state index >= 15 is 0 Å². The van der Waals surface area contributed by atoms with Crippen LogP contribution < -0.4 is 10.3 Å². The van der Waals surface area contributed by atoms with E-state index in [2.05, 4.69) is 0 Å². The van der Waals surface area contributed by atoms with Crippen molar-refractivity contribution in [2.24, 2.45) is 7.05 Å². The fourth-order valence-corrected chi connectivity index (χ4v) is 4.15. The normalized spacial score (nSPS) is 16.2. The molecule has 0 N–H and O–H groups in total. The summed E-state index contributed by atoms with van der Waals surface area (Å²) in [6.45, 7) is 1.39. The second-order valence-corrected chi connectivity index (χ2v) is 8.43. The van der Waals surface area contributed by atoms with E-state index in [0.29, 0.717) is 18.6 Å². The maximum absolute atomic E-state index is 12.6. The highest BCUT2D eigenvalue weighted by Gasteiger charge is 2.20. The van der Waals surface area contributed by atoms with Gasteiger partial charge in [0.2, 0.25) is 0 Å². The smallest absolute Gasteiger partial charge is 0.258 e. The van der Waals surface area contributed by atoms with E-state index in [1.54, 1.807) is 17.9 Å². The molecule has 1 unspecified atom stereocenters. The Kier molecular flexibility index (Phi) is 5.33. The zero-order valence-corrected chi connectivity index (χ0v) is 16.8. The summed E-state index contributed by atoms with van der Waals surface area (Å²) in [4.78, 5) is 13.3. The standard InChI is InChI=1S/C22H23NO4S/c1-23-14-20(17-5-3-4-6-18(17)22(23)24)19-13-16(28(2)25)7-8-21(19)27-15-9-11-26-12-10-15/h3-8,13-15H,9-12H2,1-2H3. The quantitative estimate of drug-likeness (QED) is 0.676. The second kappa shape index (κ2) is 7.89. The molecule has 4 rings (SSSR count). The summed E-state index contributed by atoms with van der Waals surface area (Å²) in [5.74, 6) is 0.741. The number of ether oxygens (including phenoxy) is 2. The molecular formula is C22H23NO4S. The summed E-state index contributed by atoms with van der Waals surface area (Å²) < 4.78 is 25.5. The molecule has 2 heterocycles. The van der Waals surface area contributed by atoms with E-state index < -0.39 is 10.8 Å². The van der Waals surface area contributed by atoms with E-state index in [9.17, 15) is 9.00 Å². The minimum Gasteiger partial charge on any atom is -0.490 e. The zero-order chi connectivity index (χ0) is 19.7. The molecule has 0 aliphatic carbocycles. The molecule has 1 fully saturated rings. The van der Waals surface area contributed by atoms with Gasteiger partial charge in [-0.05, 0) is 29.7 Å². The zero-order valence-electron chi connectivity index (χ0n) is 16.0. The lowest BCUT2D eigenvalue weighted by atomic mass is 9.99. The third kappa shape index (κ3) is 3.62. The Balaban J connectivity index is 1.91. The van der Waals surface area contributed by atoms with Gasteiger partial charge in [-0.3, -0.25) is 9.00 Å². The van der Waals surface area contributed by atoms with E-state index in [4.69, 9.17) is 9.47 Å². The monoisotopic (exact) mass is 397 g/mol. The van der Waals surface area contributed by atoms with Crippen LogP contribution in [0.15, 0.2) is 58.4 Å². The van der Waals surface area contributed by atoms with E-state index in [1.165, 1.54) is 0 Å². The predicted molar refractivity (Wildman–Crippen MR) is 111 cm³/mol. The number of aryl methyl sites for hydroxylation is 1. The van der Waals surface area contributed by atoms with Gasteiger partial charge >= 0.3 is 0 Å². The summed E-state index contributed by atoms with van der Waals surface area (Å²) in [5, 5.41) is 1.52. The number of aromatic nitrogens is 1. The minimum absolute atomic E-state index is 0.0403.